The van der Waals surface area contributed by atoms with Crippen LogP contribution in [0.4, 0.5) is 24.5 Å². The molecule has 0 fully saturated rings. The molecule has 0 saturated heterocycles. The van der Waals surface area contributed by atoms with Crippen LogP contribution in [0, 0.1) is 0 Å². The van der Waals surface area contributed by atoms with E-state index in [2.05, 4.69) is 5.32 Å². The zero-order chi connectivity index (χ0) is 20.4. The number of nitrogens with zero attached hydrogens (tertiary/aromatic N) is 1. The molecule has 0 aliphatic rings. The summed E-state index contributed by atoms with van der Waals surface area (Å²) >= 11 is 11.7. The van der Waals surface area contributed by atoms with E-state index in [1.54, 1.807) is 0 Å². The predicted molar refractivity (Wildman–Crippen MR) is 98.7 cm³/mol. The molecule has 0 spiro atoms. The topological polar surface area (TPSA) is 66.5 Å². The summed E-state index contributed by atoms with van der Waals surface area (Å²) in [5, 5.41) is 2.69. The van der Waals surface area contributed by atoms with Crippen LogP contribution in [-0.2, 0) is 21.0 Å². The van der Waals surface area contributed by atoms with Crippen molar-refractivity contribution in [2.45, 2.75) is 6.18 Å². The summed E-state index contributed by atoms with van der Waals surface area (Å²) in [6.07, 6.45) is -3.60. The maximum atomic E-state index is 12.6. The van der Waals surface area contributed by atoms with Gasteiger partial charge in [0.15, 0.2) is 0 Å². The molecule has 0 radical (unpaired) electrons. The molecule has 2 rings (SSSR count). The van der Waals surface area contributed by atoms with E-state index in [-0.39, 0.29) is 21.4 Å². The fourth-order valence-corrected chi connectivity index (χ4v) is 3.51. The minimum atomic E-state index is -4.50. The average Bonchev–Trinajstić information content (AvgIpc) is 2.50. The Bertz CT molecular complexity index is 928. The van der Waals surface area contributed by atoms with E-state index in [4.69, 9.17) is 23.2 Å². The van der Waals surface area contributed by atoms with Gasteiger partial charge in [0.05, 0.1) is 17.5 Å². The number of anilines is 2. The van der Waals surface area contributed by atoms with Crippen LogP contribution in [0.1, 0.15) is 5.56 Å². The van der Waals surface area contributed by atoms with Gasteiger partial charge in [-0.15, -0.1) is 0 Å². The third-order valence-corrected chi connectivity index (χ3v) is 4.90. The Morgan fingerprint density at radius 3 is 2.04 bits per heavy atom. The quantitative estimate of drug-likeness (QED) is 0.748. The first-order valence-electron chi connectivity index (χ1n) is 7.27. The molecule has 0 aromatic heterocycles. The van der Waals surface area contributed by atoms with Gasteiger partial charge in [-0.2, -0.15) is 13.2 Å². The second-order valence-electron chi connectivity index (χ2n) is 5.52. The number of halogens is 5. The van der Waals surface area contributed by atoms with Crippen LogP contribution in [0.5, 0.6) is 0 Å². The number of carbonyl (C=O) groups excluding carboxylic acids is 1. The largest absolute Gasteiger partial charge is 0.416 e. The number of nitrogens with one attached hydrogen (secondary N) is 1. The van der Waals surface area contributed by atoms with E-state index in [0.29, 0.717) is 0 Å². The first-order valence-corrected chi connectivity index (χ1v) is 9.87. The predicted octanol–water partition coefficient (Wildman–Crippen LogP) is 4.42. The van der Waals surface area contributed by atoms with E-state index >= 15 is 0 Å². The first-order chi connectivity index (χ1) is 12.4. The lowest BCUT2D eigenvalue weighted by molar-refractivity contribution is -0.137. The molecule has 0 aliphatic heterocycles. The molecule has 27 heavy (non-hydrogen) atoms. The third kappa shape index (κ3) is 6.02. The summed E-state index contributed by atoms with van der Waals surface area (Å²) < 4.78 is 62.5. The molecule has 2 aromatic rings. The van der Waals surface area contributed by atoms with Gasteiger partial charge < -0.3 is 5.32 Å². The molecule has 1 N–H and O–H groups in total. The summed E-state index contributed by atoms with van der Waals surface area (Å²) in [7, 11) is -3.86. The van der Waals surface area contributed by atoms with Gasteiger partial charge in [0.25, 0.3) is 0 Å². The van der Waals surface area contributed by atoms with E-state index in [1.807, 2.05) is 0 Å². The molecule has 0 atom stereocenters. The highest BCUT2D eigenvalue weighted by atomic mass is 35.5. The first kappa shape index (κ1) is 21.3. The third-order valence-electron chi connectivity index (χ3n) is 3.32. The van der Waals surface area contributed by atoms with Crippen LogP contribution in [0.2, 0.25) is 10.0 Å². The summed E-state index contributed by atoms with van der Waals surface area (Å²) in [5.74, 6) is -0.753. The number of rotatable bonds is 5. The maximum Gasteiger partial charge on any atom is 0.416 e. The second-order valence-corrected chi connectivity index (χ2v) is 8.30. The van der Waals surface area contributed by atoms with Crippen molar-refractivity contribution in [1.29, 1.82) is 0 Å². The normalized spacial score (nSPS) is 11.9. The lowest BCUT2D eigenvalue weighted by Gasteiger charge is -2.22. The van der Waals surface area contributed by atoms with Gasteiger partial charge in [-0.3, -0.25) is 9.10 Å². The van der Waals surface area contributed by atoms with Crippen molar-refractivity contribution in [2.75, 3.05) is 22.4 Å². The number of carbonyl (C=O) groups is 1. The van der Waals surface area contributed by atoms with Gasteiger partial charge in [-0.25, -0.2) is 8.42 Å². The Hall–Kier alpha value is -1.97. The Balaban J connectivity index is 2.19. The summed E-state index contributed by atoms with van der Waals surface area (Å²) in [5.41, 5.74) is -0.699. The highest BCUT2D eigenvalue weighted by molar-refractivity contribution is 7.92. The lowest BCUT2D eigenvalue weighted by Crippen LogP contribution is -2.37. The van der Waals surface area contributed by atoms with Crippen molar-refractivity contribution in [3.05, 3.63) is 58.1 Å². The lowest BCUT2D eigenvalue weighted by atomic mass is 10.2. The molecule has 1 amide bonds. The SMILES string of the molecule is CS(=O)(=O)N(CC(=O)Nc1ccc(C(F)(F)F)cc1)c1cc(Cl)cc(Cl)c1. The average molecular weight is 441 g/mol. The molecule has 11 heteroatoms. The van der Waals surface area contributed by atoms with Crippen molar-refractivity contribution in [2.24, 2.45) is 0 Å². The fourth-order valence-electron chi connectivity index (χ4n) is 2.16. The zero-order valence-corrected chi connectivity index (χ0v) is 16.0. The molecule has 0 aliphatic carbocycles. The molecule has 0 heterocycles. The Morgan fingerprint density at radius 1 is 1.07 bits per heavy atom. The molecule has 0 unspecified atom stereocenters. The Kier molecular flexibility index (Phi) is 6.28. The molecular formula is C16H13Cl2F3N2O3S. The van der Waals surface area contributed by atoms with Gasteiger partial charge in [-0.05, 0) is 42.5 Å². The Morgan fingerprint density at radius 2 is 1.59 bits per heavy atom. The summed E-state index contributed by atoms with van der Waals surface area (Å²) in [6.45, 7) is -0.615. The van der Waals surface area contributed by atoms with Gasteiger partial charge in [0.2, 0.25) is 15.9 Å². The molecule has 146 valence electrons. The van der Waals surface area contributed by atoms with Crippen LogP contribution < -0.4 is 9.62 Å². The van der Waals surface area contributed by atoms with Gasteiger partial charge in [-0.1, -0.05) is 23.2 Å². The summed E-state index contributed by atoms with van der Waals surface area (Å²) in [6, 6.07) is 7.79. The number of alkyl halides is 3. The van der Waals surface area contributed by atoms with Crippen LogP contribution in [-0.4, -0.2) is 27.1 Å². The minimum Gasteiger partial charge on any atom is -0.325 e. The van der Waals surface area contributed by atoms with E-state index in [1.165, 1.54) is 18.2 Å². The molecular weight excluding hydrogens is 428 g/mol. The number of hydrogen-bond acceptors (Lipinski definition) is 3. The number of sulfonamides is 1. The molecule has 2 aromatic carbocycles. The fraction of sp³-hybridized carbons (Fsp3) is 0.188. The second kappa shape index (κ2) is 7.95. The number of amides is 1. The van der Waals surface area contributed by atoms with Gasteiger partial charge in [0.1, 0.15) is 6.54 Å². The number of benzene rings is 2. The van der Waals surface area contributed by atoms with E-state index < -0.39 is 34.2 Å². The maximum absolute atomic E-state index is 12.6. The molecule has 0 bridgehead atoms. The van der Waals surface area contributed by atoms with Crippen molar-refractivity contribution in [3.8, 4) is 0 Å². The zero-order valence-electron chi connectivity index (χ0n) is 13.7. The van der Waals surface area contributed by atoms with Crippen LogP contribution in [0.15, 0.2) is 42.5 Å². The highest BCUT2D eigenvalue weighted by Crippen LogP contribution is 2.30. The van der Waals surface area contributed by atoms with Crippen molar-refractivity contribution < 1.29 is 26.4 Å². The minimum absolute atomic E-state index is 0.0811. The molecule has 0 saturated carbocycles. The van der Waals surface area contributed by atoms with Crippen molar-refractivity contribution >= 4 is 50.5 Å². The number of hydrogen-bond donors (Lipinski definition) is 1. The van der Waals surface area contributed by atoms with Crippen LogP contribution in [0.3, 0.4) is 0 Å². The van der Waals surface area contributed by atoms with Crippen LogP contribution in [0.25, 0.3) is 0 Å². The highest BCUT2D eigenvalue weighted by Gasteiger charge is 2.30. The van der Waals surface area contributed by atoms with Crippen molar-refractivity contribution in [1.82, 2.24) is 0 Å². The van der Waals surface area contributed by atoms with Gasteiger partial charge in [0, 0.05) is 15.7 Å². The standard InChI is InChI=1S/C16H13Cl2F3N2O3S/c1-27(25,26)23(14-7-11(17)6-12(18)8-14)9-15(24)22-13-4-2-10(3-5-13)16(19,20)21/h2-8H,9H2,1H3,(H,22,24). The monoisotopic (exact) mass is 440 g/mol. The van der Waals surface area contributed by atoms with Crippen molar-refractivity contribution in [3.63, 3.8) is 0 Å². The summed E-state index contributed by atoms with van der Waals surface area (Å²) in [4.78, 5) is 12.2. The van der Waals surface area contributed by atoms with Crippen LogP contribution >= 0.6 is 23.2 Å². The van der Waals surface area contributed by atoms with Gasteiger partial charge >= 0.3 is 6.18 Å². The van der Waals surface area contributed by atoms with E-state index in [9.17, 15) is 26.4 Å². The molecule has 5 nitrogen and oxygen atoms in total. The smallest absolute Gasteiger partial charge is 0.325 e. The van der Waals surface area contributed by atoms with E-state index in [0.717, 1.165) is 34.8 Å². The Labute approximate surface area is 163 Å².